The molecule has 0 aromatic heterocycles. The molecular weight excluding hydrogens is 274 g/mol. The molecule has 0 saturated heterocycles. The van der Waals surface area contributed by atoms with E-state index in [4.69, 9.17) is 5.11 Å². The first-order valence-corrected chi connectivity index (χ1v) is 8.77. The molecule has 0 radical (unpaired) electrons. The first-order valence-electron chi connectivity index (χ1n) is 7.29. The summed E-state index contributed by atoms with van der Waals surface area (Å²) in [5.74, 6) is 0.513. The van der Waals surface area contributed by atoms with Crippen LogP contribution in [0.1, 0.15) is 38.2 Å². The minimum absolute atomic E-state index is 0.119. The van der Waals surface area contributed by atoms with E-state index in [-0.39, 0.29) is 12.6 Å². The maximum Gasteiger partial charge on any atom is 0.240 e. The van der Waals surface area contributed by atoms with Gasteiger partial charge in [-0.15, -0.1) is 0 Å². The Hall–Kier alpha value is -0.910. The van der Waals surface area contributed by atoms with Gasteiger partial charge >= 0.3 is 0 Å². The summed E-state index contributed by atoms with van der Waals surface area (Å²) >= 11 is 0. The Morgan fingerprint density at radius 2 is 2.00 bits per heavy atom. The lowest BCUT2D eigenvalue weighted by Gasteiger charge is -2.07. The molecule has 20 heavy (non-hydrogen) atoms. The van der Waals surface area contributed by atoms with Crippen LogP contribution in [0.2, 0.25) is 0 Å². The van der Waals surface area contributed by atoms with E-state index in [0.29, 0.717) is 17.2 Å². The summed E-state index contributed by atoms with van der Waals surface area (Å²) in [5, 5.41) is 8.78. The fourth-order valence-corrected chi connectivity index (χ4v) is 3.79. The molecule has 2 rings (SSSR count). The molecular formula is C15H23NO3S. The third kappa shape index (κ3) is 4.04. The summed E-state index contributed by atoms with van der Waals surface area (Å²) < 4.78 is 27.2. The van der Waals surface area contributed by atoms with Gasteiger partial charge in [0.05, 0.1) is 4.90 Å². The van der Waals surface area contributed by atoms with E-state index in [9.17, 15) is 8.42 Å². The minimum Gasteiger partial charge on any atom is -0.396 e. The number of hydrogen-bond acceptors (Lipinski definition) is 3. The zero-order valence-electron chi connectivity index (χ0n) is 11.9. The van der Waals surface area contributed by atoms with Crippen molar-refractivity contribution in [2.45, 2.75) is 50.0 Å². The normalized spacial score (nSPS) is 21.9. The Labute approximate surface area is 121 Å². The molecule has 1 aromatic carbocycles. The van der Waals surface area contributed by atoms with Crippen molar-refractivity contribution in [3.8, 4) is 0 Å². The highest BCUT2D eigenvalue weighted by atomic mass is 32.2. The summed E-state index contributed by atoms with van der Waals surface area (Å²) in [6.45, 7) is 2.27. The number of aryl methyl sites for hydroxylation is 1. The maximum absolute atomic E-state index is 12.2. The maximum atomic E-state index is 12.2. The van der Waals surface area contributed by atoms with Gasteiger partial charge in [-0.2, -0.15) is 0 Å². The molecule has 1 saturated carbocycles. The highest BCUT2D eigenvalue weighted by Crippen LogP contribution is 2.35. The molecule has 2 atom stereocenters. The van der Waals surface area contributed by atoms with Crippen LogP contribution in [0.25, 0.3) is 0 Å². The highest BCUT2D eigenvalue weighted by Gasteiger charge is 2.39. The smallest absolute Gasteiger partial charge is 0.240 e. The fraction of sp³-hybridized carbons (Fsp3) is 0.600. The zero-order valence-corrected chi connectivity index (χ0v) is 12.7. The lowest BCUT2D eigenvalue weighted by atomic mass is 10.1. The van der Waals surface area contributed by atoms with Gasteiger partial charge in [0.15, 0.2) is 0 Å². The topological polar surface area (TPSA) is 66.4 Å². The van der Waals surface area contributed by atoms with Gasteiger partial charge < -0.3 is 5.11 Å². The molecule has 0 aliphatic heterocycles. The SMILES string of the molecule is CCCC1CC1NS(=O)(=O)c1ccc(CCCO)cc1. The van der Waals surface area contributed by atoms with Gasteiger partial charge in [-0.05, 0) is 49.3 Å². The number of aliphatic hydroxyl groups is 1. The average molecular weight is 297 g/mol. The third-order valence-corrected chi connectivity index (χ3v) is 5.25. The van der Waals surface area contributed by atoms with E-state index in [1.54, 1.807) is 12.1 Å². The van der Waals surface area contributed by atoms with Gasteiger partial charge in [0.1, 0.15) is 0 Å². The molecule has 0 spiro atoms. The van der Waals surface area contributed by atoms with Gasteiger partial charge in [-0.1, -0.05) is 25.5 Å². The molecule has 1 aliphatic carbocycles. The van der Waals surface area contributed by atoms with Crippen LogP contribution in [0, 0.1) is 5.92 Å². The van der Waals surface area contributed by atoms with Crippen LogP contribution in [0.4, 0.5) is 0 Å². The predicted octanol–water partition coefficient (Wildman–Crippen LogP) is 2.08. The van der Waals surface area contributed by atoms with E-state index in [0.717, 1.165) is 31.2 Å². The van der Waals surface area contributed by atoms with Crippen molar-refractivity contribution in [1.29, 1.82) is 0 Å². The molecule has 2 unspecified atom stereocenters. The summed E-state index contributed by atoms with van der Waals surface area (Å²) in [6, 6.07) is 7.05. The second kappa shape index (κ2) is 6.70. The van der Waals surface area contributed by atoms with Crippen LogP contribution < -0.4 is 4.72 Å². The Bertz CT molecular complexity index is 525. The number of sulfonamides is 1. The molecule has 5 heteroatoms. The number of hydrogen-bond donors (Lipinski definition) is 2. The molecule has 0 bridgehead atoms. The number of rotatable bonds is 8. The van der Waals surface area contributed by atoms with E-state index in [1.165, 1.54) is 0 Å². The van der Waals surface area contributed by atoms with Crippen molar-refractivity contribution in [2.24, 2.45) is 5.92 Å². The quantitative estimate of drug-likeness (QED) is 0.772. The van der Waals surface area contributed by atoms with E-state index < -0.39 is 10.0 Å². The first-order chi connectivity index (χ1) is 9.56. The van der Waals surface area contributed by atoms with Crippen LogP contribution in [0.5, 0.6) is 0 Å². The largest absolute Gasteiger partial charge is 0.396 e. The third-order valence-electron chi connectivity index (χ3n) is 3.75. The minimum atomic E-state index is -3.38. The van der Waals surface area contributed by atoms with E-state index >= 15 is 0 Å². The van der Waals surface area contributed by atoms with Crippen molar-refractivity contribution in [3.05, 3.63) is 29.8 Å². The van der Waals surface area contributed by atoms with Gasteiger partial charge in [0.25, 0.3) is 0 Å². The zero-order chi connectivity index (χ0) is 14.6. The number of nitrogens with one attached hydrogen (secondary N) is 1. The van der Waals surface area contributed by atoms with E-state index in [1.807, 2.05) is 12.1 Å². The number of aliphatic hydroxyl groups excluding tert-OH is 1. The molecule has 1 aromatic rings. The second-order valence-corrected chi connectivity index (χ2v) is 7.20. The predicted molar refractivity (Wildman–Crippen MR) is 79.0 cm³/mol. The van der Waals surface area contributed by atoms with Crippen LogP contribution in [0.3, 0.4) is 0 Å². The monoisotopic (exact) mass is 297 g/mol. The number of benzene rings is 1. The summed E-state index contributed by atoms with van der Waals surface area (Å²) in [4.78, 5) is 0.326. The Morgan fingerprint density at radius 3 is 2.60 bits per heavy atom. The van der Waals surface area contributed by atoms with Crippen molar-refractivity contribution in [3.63, 3.8) is 0 Å². The Morgan fingerprint density at radius 1 is 1.30 bits per heavy atom. The fourth-order valence-electron chi connectivity index (χ4n) is 2.47. The van der Waals surface area contributed by atoms with Crippen molar-refractivity contribution in [1.82, 2.24) is 4.72 Å². The highest BCUT2D eigenvalue weighted by molar-refractivity contribution is 7.89. The lowest BCUT2D eigenvalue weighted by molar-refractivity contribution is 0.288. The van der Waals surface area contributed by atoms with Crippen LogP contribution >= 0.6 is 0 Å². The van der Waals surface area contributed by atoms with Crippen molar-refractivity contribution >= 4 is 10.0 Å². The van der Waals surface area contributed by atoms with Crippen molar-refractivity contribution in [2.75, 3.05) is 6.61 Å². The molecule has 0 heterocycles. The summed E-state index contributed by atoms with van der Waals surface area (Å²) in [5.41, 5.74) is 1.05. The molecule has 0 amide bonds. The van der Waals surface area contributed by atoms with Crippen LogP contribution in [0.15, 0.2) is 29.2 Å². The van der Waals surface area contributed by atoms with Gasteiger partial charge in [-0.25, -0.2) is 13.1 Å². The second-order valence-electron chi connectivity index (χ2n) is 5.48. The van der Waals surface area contributed by atoms with Gasteiger partial charge in [0.2, 0.25) is 10.0 Å². The molecule has 1 fully saturated rings. The molecule has 4 nitrogen and oxygen atoms in total. The van der Waals surface area contributed by atoms with Crippen molar-refractivity contribution < 1.29 is 13.5 Å². The Kier molecular flexibility index (Phi) is 5.18. The van der Waals surface area contributed by atoms with Gasteiger partial charge in [-0.3, -0.25) is 0 Å². The first kappa shape index (κ1) is 15.5. The molecule has 2 N–H and O–H groups in total. The van der Waals surface area contributed by atoms with Crippen LogP contribution in [-0.4, -0.2) is 26.2 Å². The molecule has 112 valence electrons. The van der Waals surface area contributed by atoms with Crippen LogP contribution in [-0.2, 0) is 16.4 Å². The summed E-state index contributed by atoms with van der Waals surface area (Å²) in [6.07, 6.45) is 4.62. The average Bonchev–Trinajstić information content (AvgIpc) is 3.14. The lowest BCUT2D eigenvalue weighted by Crippen LogP contribution is -2.27. The van der Waals surface area contributed by atoms with E-state index in [2.05, 4.69) is 11.6 Å². The van der Waals surface area contributed by atoms with Gasteiger partial charge in [0, 0.05) is 12.6 Å². The molecule has 1 aliphatic rings. The Balaban J connectivity index is 1.96. The summed E-state index contributed by atoms with van der Waals surface area (Å²) in [7, 11) is -3.38. The standard InChI is InChI=1S/C15H23NO3S/c1-2-4-13-11-15(13)16-20(18,19)14-8-6-12(7-9-14)5-3-10-17/h6-9,13,15-17H,2-5,10-11H2,1H3.